The van der Waals surface area contributed by atoms with Crippen LogP contribution in [0.15, 0.2) is 46.1 Å². The highest BCUT2D eigenvalue weighted by Gasteiger charge is 2.43. The number of carboxylic acid groups (broad SMARTS) is 1. The second-order valence-corrected chi connectivity index (χ2v) is 9.05. The minimum absolute atomic E-state index is 0.138. The van der Waals surface area contributed by atoms with Crippen molar-refractivity contribution in [1.82, 2.24) is 14.6 Å². The number of aliphatic carboxylic acids is 1. The molecule has 2 unspecified atom stereocenters. The standard InChI is InChI=1S/C19H23FN3O9P/c1-10(18(26)27)22-33(29,32-12-6-4-3-5-7-12)31-11(2)16-14(24)8-15(30-16)23-9-13(20)17(25)21-19(23)28/h3-7,9-11,14-16,24H,8H2,1-2H3,(H,22,29)(H,26,27)(H,21,25,28)/t10?,11?,14-,15+,16+,33+/m0/s1. The first-order chi connectivity index (χ1) is 15.5. The number of rotatable bonds is 9. The fraction of sp³-hybridized carbons (Fsp3) is 0.421. The number of para-hydroxylation sites is 1. The Balaban J connectivity index is 1.80. The molecule has 0 saturated carbocycles. The molecule has 12 nitrogen and oxygen atoms in total. The molecule has 180 valence electrons. The van der Waals surface area contributed by atoms with Gasteiger partial charge in [0.15, 0.2) is 0 Å². The second kappa shape index (κ2) is 9.98. The van der Waals surface area contributed by atoms with Crippen molar-refractivity contribution in [3.05, 3.63) is 63.2 Å². The number of aromatic nitrogens is 2. The van der Waals surface area contributed by atoms with E-state index >= 15 is 0 Å². The Morgan fingerprint density at radius 2 is 2.00 bits per heavy atom. The SMILES string of the molecule is CC(N[P@](=O)(Oc1ccccc1)OC(C)[C@H]1O[C@@H](n2cc(F)c(=O)[nH]c2=O)C[C@@H]1O)C(=O)O. The zero-order valence-electron chi connectivity index (χ0n) is 17.6. The van der Waals surface area contributed by atoms with E-state index in [1.54, 1.807) is 23.2 Å². The monoisotopic (exact) mass is 487 g/mol. The predicted molar refractivity (Wildman–Crippen MR) is 111 cm³/mol. The molecule has 0 amide bonds. The van der Waals surface area contributed by atoms with E-state index in [4.69, 9.17) is 13.8 Å². The lowest BCUT2D eigenvalue weighted by molar-refractivity contribution is -0.138. The van der Waals surface area contributed by atoms with Gasteiger partial charge in [0.2, 0.25) is 5.82 Å². The number of nitrogens with one attached hydrogen (secondary N) is 2. The highest BCUT2D eigenvalue weighted by Crippen LogP contribution is 2.47. The molecule has 0 radical (unpaired) electrons. The van der Waals surface area contributed by atoms with Crippen LogP contribution in [0.3, 0.4) is 0 Å². The van der Waals surface area contributed by atoms with Gasteiger partial charge in [-0.05, 0) is 26.0 Å². The van der Waals surface area contributed by atoms with Crippen LogP contribution in [0, 0.1) is 5.82 Å². The lowest BCUT2D eigenvalue weighted by Crippen LogP contribution is -2.39. The summed E-state index contributed by atoms with van der Waals surface area (Å²) in [5, 5.41) is 21.9. The third kappa shape index (κ3) is 5.95. The first kappa shape index (κ1) is 24.8. The zero-order chi connectivity index (χ0) is 24.3. The molecule has 2 heterocycles. The molecule has 3 rings (SSSR count). The molecule has 6 atom stereocenters. The molecular formula is C19H23FN3O9P. The van der Waals surface area contributed by atoms with Crippen molar-refractivity contribution in [2.45, 2.75) is 50.8 Å². The number of aromatic amines is 1. The van der Waals surface area contributed by atoms with Crippen LogP contribution in [0.1, 0.15) is 26.5 Å². The fourth-order valence-corrected chi connectivity index (χ4v) is 4.91. The maximum Gasteiger partial charge on any atom is 0.459 e. The fourth-order valence-electron chi connectivity index (χ4n) is 3.22. The molecule has 14 heteroatoms. The number of ether oxygens (including phenoxy) is 1. The van der Waals surface area contributed by atoms with Crippen molar-refractivity contribution in [2.24, 2.45) is 0 Å². The quantitative estimate of drug-likeness (QED) is 0.374. The van der Waals surface area contributed by atoms with Crippen molar-refractivity contribution in [3.63, 3.8) is 0 Å². The number of nitrogens with zero attached hydrogens (tertiary/aromatic N) is 1. The molecule has 0 spiro atoms. The first-order valence-corrected chi connectivity index (χ1v) is 11.4. The Kier molecular flexibility index (Phi) is 7.50. The van der Waals surface area contributed by atoms with Crippen LogP contribution in [0.25, 0.3) is 0 Å². The van der Waals surface area contributed by atoms with Gasteiger partial charge in [0, 0.05) is 6.42 Å². The number of carboxylic acids is 1. The van der Waals surface area contributed by atoms with Crippen molar-refractivity contribution >= 4 is 13.7 Å². The van der Waals surface area contributed by atoms with Gasteiger partial charge in [0.1, 0.15) is 24.1 Å². The lowest BCUT2D eigenvalue weighted by Gasteiger charge is -2.28. The number of aliphatic hydroxyl groups is 1. The normalized spacial score (nSPS) is 24.1. The molecule has 1 aliphatic heterocycles. The summed E-state index contributed by atoms with van der Waals surface area (Å²) in [6.45, 7) is 2.64. The summed E-state index contributed by atoms with van der Waals surface area (Å²) in [5.74, 6) is -2.38. The summed E-state index contributed by atoms with van der Waals surface area (Å²) in [7, 11) is -4.30. The Hall–Kier alpha value is -2.83. The number of carbonyl (C=O) groups is 1. The van der Waals surface area contributed by atoms with Crippen LogP contribution in [0.2, 0.25) is 0 Å². The largest absolute Gasteiger partial charge is 0.480 e. The van der Waals surface area contributed by atoms with Crippen LogP contribution in [-0.4, -0.2) is 50.1 Å². The third-order valence-corrected chi connectivity index (χ3v) is 6.59. The topological polar surface area (TPSA) is 169 Å². The van der Waals surface area contributed by atoms with E-state index in [1.165, 1.54) is 26.0 Å². The summed E-state index contributed by atoms with van der Waals surface area (Å²) in [6.07, 6.45) is -4.15. The van der Waals surface area contributed by atoms with Gasteiger partial charge in [-0.25, -0.2) is 9.36 Å². The van der Waals surface area contributed by atoms with Crippen molar-refractivity contribution in [1.29, 1.82) is 0 Å². The van der Waals surface area contributed by atoms with Crippen LogP contribution >= 0.6 is 7.75 Å². The first-order valence-electron chi connectivity index (χ1n) is 9.87. The van der Waals surface area contributed by atoms with Gasteiger partial charge in [-0.15, -0.1) is 0 Å². The minimum atomic E-state index is -4.30. The molecule has 33 heavy (non-hydrogen) atoms. The Morgan fingerprint density at radius 3 is 2.64 bits per heavy atom. The van der Waals surface area contributed by atoms with Gasteiger partial charge in [0.05, 0.1) is 18.4 Å². The maximum absolute atomic E-state index is 13.6. The van der Waals surface area contributed by atoms with E-state index in [1.807, 2.05) is 0 Å². The number of benzene rings is 1. The summed E-state index contributed by atoms with van der Waals surface area (Å²) in [4.78, 5) is 36.3. The van der Waals surface area contributed by atoms with Gasteiger partial charge in [0.25, 0.3) is 5.56 Å². The minimum Gasteiger partial charge on any atom is -0.480 e. The van der Waals surface area contributed by atoms with Crippen molar-refractivity contribution < 1.29 is 37.7 Å². The molecule has 1 aromatic carbocycles. The number of aliphatic hydroxyl groups excluding tert-OH is 1. The summed E-state index contributed by atoms with van der Waals surface area (Å²) >= 11 is 0. The van der Waals surface area contributed by atoms with Gasteiger partial charge in [-0.3, -0.25) is 23.7 Å². The molecule has 0 aliphatic carbocycles. The smallest absolute Gasteiger partial charge is 0.459 e. The van der Waals surface area contributed by atoms with E-state index < -0.39 is 61.4 Å². The summed E-state index contributed by atoms with van der Waals surface area (Å²) < 4.78 is 44.3. The van der Waals surface area contributed by atoms with E-state index in [0.717, 1.165) is 4.57 Å². The Morgan fingerprint density at radius 1 is 1.33 bits per heavy atom. The average Bonchev–Trinajstić information content (AvgIpc) is 3.12. The average molecular weight is 487 g/mol. The molecule has 1 aliphatic rings. The molecule has 0 bridgehead atoms. The molecule has 1 aromatic heterocycles. The third-order valence-electron chi connectivity index (χ3n) is 4.83. The number of halogens is 1. The van der Waals surface area contributed by atoms with Crippen LogP contribution in [-0.2, 0) is 18.6 Å². The molecule has 1 saturated heterocycles. The lowest BCUT2D eigenvalue weighted by atomic mass is 10.1. The van der Waals surface area contributed by atoms with Crippen LogP contribution in [0.4, 0.5) is 4.39 Å². The molecule has 4 N–H and O–H groups in total. The van der Waals surface area contributed by atoms with E-state index in [2.05, 4.69) is 5.09 Å². The predicted octanol–water partition coefficient (Wildman–Crippen LogP) is 0.979. The Bertz CT molecular complexity index is 1160. The number of H-pyrrole nitrogens is 1. The van der Waals surface area contributed by atoms with Crippen molar-refractivity contribution in [3.8, 4) is 5.75 Å². The van der Waals surface area contributed by atoms with Gasteiger partial charge in [-0.2, -0.15) is 9.48 Å². The highest BCUT2D eigenvalue weighted by molar-refractivity contribution is 7.52. The summed E-state index contributed by atoms with van der Waals surface area (Å²) in [5.41, 5.74) is -2.14. The van der Waals surface area contributed by atoms with E-state index in [9.17, 15) is 33.6 Å². The Labute approximate surface area is 186 Å². The van der Waals surface area contributed by atoms with Gasteiger partial charge in [-0.1, -0.05) is 18.2 Å². The molecular weight excluding hydrogens is 464 g/mol. The van der Waals surface area contributed by atoms with Gasteiger partial charge < -0.3 is 19.5 Å². The summed E-state index contributed by atoms with van der Waals surface area (Å²) in [6, 6.07) is 6.58. The number of hydrogen-bond donors (Lipinski definition) is 4. The molecule has 2 aromatic rings. The zero-order valence-corrected chi connectivity index (χ0v) is 18.5. The number of hydrogen-bond acceptors (Lipinski definition) is 8. The molecule has 1 fully saturated rings. The van der Waals surface area contributed by atoms with Gasteiger partial charge >= 0.3 is 19.4 Å². The van der Waals surface area contributed by atoms with Crippen LogP contribution < -0.4 is 20.9 Å². The highest BCUT2D eigenvalue weighted by atomic mass is 31.2. The second-order valence-electron chi connectivity index (χ2n) is 7.40. The van der Waals surface area contributed by atoms with E-state index in [-0.39, 0.29) is 12.2 Å². The van der Waals surface area contributed by atoms with Crippen molar-refractivity contribution in [2.75, 3.05) is 0 Å². The maximum atomic E-state index is 13.6. The van der Waals surface area contributed by atoms with E-state index in [0.29, 0.717) is 6.20 Å². The van der Waals surface area contributed by atoms with Crippen LogP contribution in [0.5, 0.6) is 5.75 Å².